The highest BCUT2D eigenvalue weighted by Gasteiger charge is 2.20. The maximum atomic E-state index is 11.2. The number of nitrogens with one attached hydrogen (secondary N) is 1. The van der Waals surface area contributed by atoms with Crippen LogP contribution in [-0.4, -0.2) is 42.3 Å². The van der Waals surface area contributed by atoms with E-state index in [0.717, 1.165) is 19.6 Å². The Labute approximate surface area is 88.0 Å². The van der Waals surface area contributed by atoms with Crippen LogP contribution in [0.5, 0.6) is 0 Å². The fraction of sp³-hybridized carbons (Fsp3) is 0.889. The van der Waals surface area contributed by atoms with Gasteiger partial charge in [-0.1, -0.05) is 15.9 Å². The number of hydrogen-bond donors (Lipinski definition) is 1. The number of nitrogens with zero attached hydrogens (tertiary/aromatic N) is 1. The number of halogens is 1. The van der Waals surface area contributed by atoms with Crippen molar-refractivity contribution in [3.8, 4) is 0 Å². The van der Waals surface area contributed by atoms with Crippen LogP contribution >= 0.6 is 15.9 Å². The van der Waals surface area contributed by atoms with Gasteiger partial charge in [-0.15, -0.1) is 0 Å². The lowest BCUT2D eigenvalue weighted by Crippen LogP contribution is -2.34. The van der Waals surface area contributed by atoms with Crippen LogP contribution in [0.2, 0.25) is 0 Å². The Morgan fingerprint density at radius 1 is 1.77 bits per heavy atom. The summed E-state index contributed by atoms with van der Waals surface area (Å²) < 4.78 is 0. The topological polar surface area (TPSA) is 32.3 Å². The van der Waals surface area contributed by atoms with Gasteiger partial charge in [0.25, 0.3) is 0 Å². The van der Waals surface area contributed by atoms with Crippen LogP contribution in [0, 0.1) is 5.92 Å². The van der Waals surface area contributed by atoms with Gasteiger partial charge in [0.2, 0.25) is 5.91 Å². The number of rotatable bonds is 3. The molecule has 4 heteroatoms. The second-order valence-corrected chi connectivity index (χ2v) is 5.15. The van der Waals surface area contributed by atoms with Gasteiger partial charge in [-0.05, 0) is 32.9 Å². The molecule has 0 aliphatic carbocycles. The van der Waals surface area contributed by atoms with Gasteiger partial charge in [-0.2, -0.15) is 0 Å². The average Bonchev–Trinajstić information content (AvgIpc) is 2.47. The Morgan fingerprint density at radius 2 is 2.46 bits per heavy atom. The molecule has 1 heterocycles. The van der Waals surface area contributed by atoms with Crippen molar-refractivity contribution in [1.82, 2.24) is 10.2 Å². The predicted molar refractivity (Wildman–Crippen MR) is 57.0 cm³/mol. The first kappa shape index (κ1) is 11.0. The Hall–Kier alpha value is -0.0900. The first-order valence-electron chi connectivity index (χ1n) is 4.70. The second kappa shape index (κ2) is 4.96. The van der Waals surface area contributed by atoms with Gasteiger partial charge in [0.15, 0.2) is 0 Å². The highest BCUT2D eigenvalue weighted by atomic mass is 79.9. The van der Waals surface area contributed by atoms with Crippen LogP contribution in [0.1, 0.15) is 13.3 Å². The van der Waals surface area contributed by atoms with E-state index in [1.54, 1.807) is 0 Å². The number of amides is 1. The maximum Gasteiger partial charge on any atom is 0.233 e. The van der Waals surface area contributed by atoms with Crippen molar-refractivity contribution >= 4 is 21.8 Å². The molecular weight excluding hydrogens is 232 g/mol. The van der Waals surface area contributed by atoms with Gasteiger partial charge >= 0.3 is 0 Å². The molecule has 3 nitrogen and oxygen atoms in total. The van der Waals surface area contributed by atoms with E-state index in [2.05, 4.69) is 33.2 Å². The monoisotopic (exact) mass is 248 g/mol. The van der Waals surface area contributed by atoms with Crippen molar-refractivity contribution < 1.29 is 4.79 Å². The molecule has 1 N–H and O–H groups in total. The number of alkyl halides is 1. The zero-order valence-electron chi connectivity index (χ0n) is 8.22. The fourth-order valence-corrected chi connectivity index (χ4v) is 1.74. The average molecular weight is 249 g/mol. The zero-order valence-corrected chi connectivity index (χ0v) is 9.80. The summed E-state index contributed by atoms with van der Waals surface area (Å²) >= 11 is 3.24. The van der Waals surface area contributed by atoms with Crippen molar-refractivity contribution in [2.45, 2.75) is 18.2 Å². The van der Waals surface area contributed by atoms with E-state index < -0.39 is 0 Å². The molecule has 1 aliphatic heterocycles. The summed E-state index contributed by atoms with van der Waals surface area (Å²) in [5.74, 6) is 0.731. The van der Waals surface area contributed by atoms with Gasteiger partial charge in [0.05, 0.1) is 4.83 Å². The van der Waals surface area contributed by atoms with Crippen LogP contribution in [0.3, 0.4) is 0 Å². The van der Waals surface area contributed by atoms with Gasteiger partial charge in [0.1, 0.15) is 0 Å². The Kier molecular flexibility index (Phi) is 4.19. The third-order valence-electron chi connectivity index (χ3n) is 2.42. The van der Waals surface area contributed by atoms with E-state index in [9.17, 15) is 4.79 Å². The second-order valence-electron chi connectivity index (χ2n) is 3.78. The van der Waals surface area contributed by atoms with Gasteiger partial charge in [-0.25, -0.2) is 0 Å². The summed E-state index contributed by atoms with van der Waals surface area (Å²) in [6.45, 7) is 4.93. The van der Waals surface area contributed by atoms with E-state index in [1.807, 2.05) is 6.92 Å². The summed E-state index contributed by atoms with van der Waals surface area (Å²) in [7, 11) is 2.12. The molecule has 1 rings (SSSR count). The van der Waals surface area contributed by atoms with E-state index in [4.69, 9.17) is 0 Å². The quantitative estimate of drug-likeness (QED) is 0.752. The number of likely N-dealkylation sites (tertiary alicyclic amines) is 1. The molecule has 1 saturated heterocycles. The van der Waals surface area contributed by atoms with Crippen LogP contribution in [0.25, 0.3) is 0 Å². The largest absolute Gasteiger partial charge is 0.355 e. The Bertz CT molecular complexity index is 184. The summed E-state index contributed by atoms with van der Waals surface area (Å²) in [6.07, 6.45) is 1.20. The molecule has 1 fully saturated rings. The zero-order chi connectivity index (χ0) is 9.84. The van der Waals surface area contributed by atoms with Gasteiger partial charge in [-0.3, -0.25) is 4.79 Å². The van der Waals surface area contributed by atoms with Gasteiger partial charge in [0, 0.05) is 13.1 Å². The van der Waals surface area contributed by atoms with E-state index in [0.29, 0.717) is 5.92 Å². The Morgan fingerprint density at radius 3 is 2.92 bits per heavy atom. The molecule has 0 spiro atoms. The number of carbonyl (C=O) groups is 1. The standard InChI is InChI=1S/C9H17BrN2O/c1-7(10)9(13)11-5-8-3-4-12(2)6-8/h7-8H,3-6H2,1-2H3,(H,11,13). The minimum atomic E-state index is -0.0772. The van der Waals surface area contributed by atoms with E-state index in [1.165, 1.54) is 6.42 Å². The molecule has 76 valence electrons. The SMILES string of the molecule is CC(Br)C(=O)NCC1CCN(C)C1. The van der Waals surface area contributed by atoms with Crippen molar-refractivity contribution in [3.63, 3.8) is 0 Å². The Balaban J connectivity index is 2.16. The highest BCUT2D eigenvalue weighted by Crippen LogP contribution is 2.12. The maximum absolute atomic E-state index is 11.2. The molecule has 0 bridgehead atoms. The van der Waals surface area contributed by atoms with Crippen molar-refractivity contribution in [2.24, 2.45) is 5.92 Å². The van der Waals surface area contributed by atoms with Crippen LogP contribution in [0.15, 0.2) is 0 Å². The lowest BCUT2D eigenvalue weighted by atomic mass is 10.1. The molecule has 1 amide bonds. The van der Waals surface area contributed by atoms with Crippen LogP contribution in [-0.2, 0) is 4.79 Å². The van der Waals surface area contributed by atoms with Crippen molar-refractivity contribution in [2.75, 3.05) is 26.7 Å². The summed E-state index contributed by atoms with van der Waals surface area (Å²) in [6, 6.07) is 0. The molecule has 13 heavy (non-hydrogen) atoms. The lowest BCUT2D eigenvalue weighted by molar-refractivity contribution is -0.120. The van der Waals surface area contributed by atoms with E-state index in [-0.39, 0.29) is 10.7 Å². The first-order chi connectivity index (χ1) is 6.09. The summed E-state index contributed by atoms with van der Waals surface area (Å²) in [4.78, 5) is 13.4. The van der Waals surface area contributed by atoms with Crippen LogP contribution in [0.4, 0.5) is 0 Å². The molecule has 0 radical (unpaired) electrons. The van der Waals surface area contributed by atoms with E-state index >= 15 is 0 Å². The van der Waals surface area contributed by atoms with Crippen molar-refractivity contribution in [1.29, 1.82) is 0 Å². The molecule has 0 aromatic rings. The lowest BCUT2D eigenvalue weighted by Gasteiger charge is -2.12. The number of hydrogen-bond acceptors (Lipinski definition) is 2. The molecular formula is C9H17BrN2O. The third-order valence-corrected chi connectivity index (χ3v) is 2.83. The number of carbonyl (C=O) groups excluding carboxylic acids is 1. The molecule has 1 aliphatic rings. The van der Waals surface area contributed by atoms with Gasteiger partial charge < -0.3 is 10.2 Å². The van der Waals surface area contributed by atoms with Crippen LogP contribution < -0.4 is 5.32 Å². The van der Waals surface area contributed by atoms with Crippen molar-refractivity contribution in [3.05, 3.63) is 0 Å². The minimum absolute atomic E-state index is 0.0772. The molecule has 2 atom stereocenters. The molecule has 2 unspecified atom stereocenters. The summed E-state index contributed by atoms with van der Waals surface area (Å²) in [5.41, 5.74) is 0. The smallest absolute Gasteiger partial charge is 0.233 e. The predicted octanol–water partition coefficient (Wildman–Crippen LogP) is 0.838. The first-order valence-corrected chi connectivity index (χ1v) is 5.61. The molecule has 0 aromatic heterocycles. The molecule has 0 saturated carbocycles. The fourth-order valence-electron chi connectivity index (χ4n) is 1.58. The highest BCUT2D eigenvalue weighted by molar-refractivity contribution is 9.10. The third kappa shape index (κ3) is 3.65. The normalized spacial score (nSPS) is 25.9. The summed E-state index contributed by atoms with van der Waals surface area (Å²) in [5, 5.41) is 2.93. The molecule has 0 aromatic carbocycles. The minimum Gasteiger partial charge on any atom is -0.355 e.